The van der Waals surface area contributed by atoms with Crippen molar-refractivity contribution in [3.05, 3.63) is 71.7 Å². The zero-order valence-corrected chi connectivity index (χ0v) is 15.4. The maximum Gasteiger partial charge on any atom is 0.433 e. The van der Waals surface area contributed by atoms with E-state index in [9.17, 15) is 18.0 Å². The Balaban J connectivity index is 1.40. The van der Waals surface area contributed by atoms with Crippen LogP contribution in [0.2, 0.25) is 0 Å². The predicted octanol–water partition coefficient (Wildman–Crippen LogP) is 3.50. The number of aromatic nitrogens is 3. The lowest BCUT2D eigenvalue weighted by atomic mass is 10.1. The van der Waals surface area contributed by atoms with Crippen LogP contribution in [0.3, 0.4) is 0 Å². The fourth-order valence-electron chi connectivity index (χ4n) is 3.11. The van der Waals surface area contributed by atoms with Gasteiger partial charge in [-0.15, -0.1) is 0 Å². The van der Waals surface area contributed by atoms with Gasteiger partial charge in [-0.25, -0.2) is 9.67 Å². The van der Waals surface area contributed by atoms with E-state index in [0.29, 0.717) is 11.3 Å². The quantitative estimate of drug-likeness (QED) is 0.670. The molecule has 9 heteroatoms. The number of halogens is 3. The minimum absolute atomic E-state index is 0.106. The average Bonchev–Trinajstić information content (AvgIpc) is 3.05. The molecule has 0 spiro atoms. The van der Waals surface area contributed by atoms with Gasteiger partial charge in [0, 0.05) is 6.07 Å². The van der Waals surface area contributed by atoms with E-state index < -0.39 is 18.0 Å². The lowest BCUT2D eigenvalue weighted by Crippen LogP contribution is -2.56. The van der Waals surface area contributed by atoms with Crippen molar-refractivity contribution in [1.29, 1.82) is 0 Å². The Kier molecular flexibility index (Phi) is 4.73. The molecular formula is C20H17F3N4O2. The highest BCUT2D eigenvalue weighted by Crippen LogP contribution is 2.29. The summed E-state index contributed by atoms with van der Waals surface area (Å²) in [5.41, 5.74) is 1.03. The summed E-state index contributed by atoms with van der Waals surface area (Å²) in [5.74, 6) is -0.300. The smallest absolute Gasteiger partial charge is 0.433 e. The highest BCUT2D eigenvalue weighted by Gasteiger charge is 2.36. The number of likely N-dealkylation sites (tertiary alicyclic amines) is 1. The van der Waals surface area contributed by atoms with Crippen LogP contribution in [-0.4, -0.2) is 44.8 Å². The topological polar surface area (TPSA) is 60.3 Å². The summed E-state index contributed by atoms with van der Waals surface area (Å²) in [7, 11) is 0. The Labute approximate surface area is 164 Å². The SMILES string of the molecule is Cc1c(C(=O)N2CC(Oc3cccc(C(F)(F)F)n3)C2)cnn1-c1ccccc1. The summed E-state index contributed by atoms with van der Waals surface area (Å²) < 4.78 is 45.4. The molecule has 3 heterocycles. The second-order valence-electron chi connectivity index (χ2n) is 6.70. The third-order valence-corrected chi connectivity index (χ3v) is 4.68. The lowest BCUT2D eigenvalue weighted by molar-refractivity contribution is -0.141. The van der Waals surface area contributed by atoms with Gasteiger partial charge in [0.1, 0.15) is 11.8 Å². The van der Waals surface area contributed by atoms with Crippen LogP contribution in [-0.2, 0) is 6.18 Å². The fraction of sp³-hybridized carbons (Fsp3) is 0.250. The molecule has 4 rings (SSSR count). The van der Waals surface area contributed by atoms with Crippen molar-refractivity contribution in [2.45, 2.75) is 19.2 Å². The van der Waals surface area contributed by atoms with E-state index in [0.717, 1.165) is 11.8 Å². The van der Waals surface area contributed by atoms with Crippen LogP contribution < -0.4 is 4.74 Å². The number of pyridine rings is 1. The van der Waals surface area contributed by atoms with E-state index in [-0.39, 0.29) is 24.9 Å². The van der Waals surface area contributed by atoms with Gasteiger partial charge in [0.05, 0.1) is 36.2 Å². The molecule has 150 valence electrons. The maximum absolute atomic E-state index is 12.7. The van der Waals surface area contributed by atoms with E-state index in [1.54, 1.807) is 9.58 Å². The van der Waals surface area contributed by atoms with Gasteiger partial charge in [0.25, 0.3) is 5.91 Å². The summed E-state index contributed by atoms with van der Waals surface area (Å²) >= 11 is 0. The number of hydrogen-bond donors (Lipinski definition) is 0. The highest BCUT2D eigenvalue weighted by atomic mass is 19.4. The number of benzene rings is 1. The van der Waals surface area contributed by atoms with Crippen LogP contribution in [0.5, 0.6) is 5.88 Å². The van der Waals surface area contributed by atoms with Crippen LogP contribution >= 0.6 is 0 Å². The number of ether oxygens (including phenoxy) is 1. The molecule has 0 atom stereocenters. The number of rotatable bonds is 4. The third kappa shape index (κ3) is 3.80. The Hall–Kier alpha value is -3.36. The van der Waals surface area contributed by atoms with Crippen LogP contribution in [0.4, 0.5) is 13.2 Å². The summed E-state index contributed by atoms with van der Waals surface area (Å²) in [4.78, 5) is 17.8. The number of nitrogens with zero attached hydrogens (tertiary/aromatic N) is 4. The van der Waals surface area contributed by atoms with Gasteiger partial charge < -0.3 is 9.64 Å². The Morgan fingerprint density at radius 3 is 2.52 bits per heavy atom. The molecule has 0 aliphatic carbocycles. The van der Waals surface area contributed by atoms with E-state index in [1.807, 2.05) is 37.3 Å². The molecule has 1 saturated heterocycles. The van der Waals surface area contributed by atoms with Crippen molar-refractivity contribution in [2.24, 2.45) is 0 Å². The minimum atomic E-state index is -4.53. The van der Waals surface area contributed by atoms with Crippen molar-refractivity contribution < 1.29 is 22.7 Å². The third-order valence-electron chi connectivity index (χ3n) is 4.68. The highest BCUT2D eigenvalue weighted by molar-refractivity contribution is 5.95. The van der Waals surface area contributed by atoms with Gasteiger partial charge in [-0.05, 0) is 25.1 Å². The van der Waals surface area contributed by atoms with Crippen LogP contribution in [0.1, 0.15) is 21.7 Å². The van der Waals surface area contributed by atoms with Crippen LogP contribution in [0.25, 0.3) is 5.69 Å². The van der Waals surface area contributed by atoms with Gasteiger partial charge in [-0.2, -0.15) is 18.3 Å². The van der Waals surface area contributed by atoms with Crippen molar-refractivity contribution in [3.8, 4) is 11.6 Å². The molecule has 2 aromatic heterocycles. The number of para-hydroxylation sites is 1. The van der Waals surface area contributed by atoms with E-state index in [1.165, 1.54) is 18.3 Å². The number of carbonyl (C=O) groups excluding carboxylic acids is 1. The van der Waals surface area contributed by atoms with Gasteiger partial charge in [0.15, 0.2) is 0 Å². The summed E-state index contributed by atoms with van der Waals surface area (Å²) in [6.45, 7) is 2.35. The molecule has 29 heavy (non-hydrogen) atoms. The Morgan fingerprint density at radius 2 is 1.83 bits per heavy atom. The molecule has 3 aromatic rings. The number of alkyl halides is 3. The minimum Gasteiger partial charge on any atom is -0.471 e. The zero-order valence-electron chi connectivity index (χ0n) is 15.4. The molecule has 0 saturated carbocycles. The summed E-state index contributed by atoms with van der Waals surface area (Å²) in [6.07, 6.45) is -3.41. The van der Waals surface area contributed by atoms with Gasteiger partial charge in [-0.1, -0.05) is 24.3 Å². The molecule has 0 bridgehead atoms. The van der Waals surface area contributed by atoms with Gasteiger partial charge in [0.2, 0.25) is 5.88 Å². The summed E-state index contributed by atoms with van der Waals surface area (Å²) in [5, 5.41) is 4.29. The monoisotopic (exact) mass is 402 g/mol. The van der Waals surface area contributed by atoms with Crippen molar-refractivity contribution >= 4 is 5.91 Å². The molecule has 1 amide bonds. The molecule has 6 nitrogen and oxygen atoms in total. The maximum atomic E-state index is 12.7. The first-order valence-electron chi connectivity index (χ1n) is 8.93. The molecule has 0 unspecified atom stereocenters. The number of carbonyl (C=O) groups is 1. The number of hydrogen-bond acceptors (Lipinski definition) is 4. The molecule has 1 aliphatic heterocycles. The van der Waals surface area contributed by atoms with Crippen LogP contribution in [0.15, 0.2) is 54.7 Å². The van der Waals surface area contributed by atoms with E-state index in [2.05, 4.69) is 10.1 Å². The second kappa shape index (κ2) is 7.23. The Morgan fingerprint density at radius 1 is 1.10 bits per heavy atom. The lowest BCUT2D eigenvalue weighted by Gasteiger charge is -2.38. The molecule has 1 fully saturated rings. The van der Waals surface area contributed by atoms with Crippen molar-refractivity contribution in [2.75, 3.05) is 13.1 Å². The molecule has 1 aliphatic rings. The fourth-order valence-corrected chi connectivity index (χ4v) is 3.11. The molecule has 1 aromatic carbocycles. The van der Waals surface area contributed by atoms with Gasteiger partial charge >= 0.3 is 6.18 Å². The summed E-state index contributed by atoms with van der Waals surface area (Å²) in [6, 6.07) is 13.0. The van der Waals surface area contributed by atoms with E-state index in [4.69, 9.17) is 4.74 Å². The number of amides is 1. The Bertz CT molecular complexity index is 1030. The first-order valence-corrected chi connectivity index (χ1v) is 8.93. The molecule has 0 N–H and O–H groups in total. The second-order valence-corrected chi connectivity index (χ2v) is 6.70. The molecule has 0 radical (unpaired) electrons. The van der Waals surface area contributed by atoms with Crippen molar-refractivity contribution in [3.63, 3.8) is 0 Å². The van der Waals surface area contributed by atoms with E-state index >= 15 is 0 Å². The zero-order chi connectivity index (χ0) is 20.6. The first kappa shape index (κ1) is 19.0. The largest absolute Gasteiger partial charge is 0.471 e. The standard InChI is InChI=1S/C20H17F3N4O2/c1-13-16(10-24-27(13)14-6-3-2-4-7-14)19(28)26-11-15(12-26)29-18-9-5-8-17(25-18)20(21,22)23/h2-10,15H,11-12H2,1H3. The van der Waals surface area contributed by atoms with Crippen molar-refractivity contribution in [1.82, 2.24) is 19.7 Å². The normalized spacial score (nSPS) is 14.6. The predicted molar refractivity (Wildman–Crippen MR) is 97.9 cm³/mol. The molecular weight excluding hydrogens is 385 g/mol. The average molecular weight is 402 g/mol. The first-order chi connectivity index (χ1) is 13.8. The van der Waals surface area contributed by atoms with Gasteiger partial charge in [-0.3, -0.25) is 4.79 Å². The van der Waals surface area contributed by atoms with Crippen LogP contribution in [0, 0.1) is 6.92 Å².